The second kappa shape index (κ2) is 4.92. The molecular weight excluding hydrogens is 208 g/mol. The average Bonchev–Trinajstić information content (AvgIpc) is 1.82. The van der Waals surface area contributed by atoms with E-state index in [4.69, 9.17) is 0 Å². The fourth-order valence-corrected chi connectivity index (χ4v) is 1.02. The van der Waals surface area contributed by atoms with Crippen molar-refractivity contribution < 1.29 is 17.0 Å². The molecule has 0 radical (unpaired) electrons. The summed E-state index contributed by atoms with van der Waals surface area (Å²) in [7, 11) is -4.06. The third-order valence-corrected chi connectivity index (χ3v) is 1.43. The van der Waals surface area contributed by atoms with Gasteiger partial charge in [-0.2, -0.15) is 13.6 Å². The Hall–Kier alpha value is -0.140. The molecule has 0 aliphatic heterocycles. The zero-order chi connectivity index (χ0) is 9.19. The van der Waals surface area contributed by atoms with Gasteiger partial charge in [0.1, 0.15) is 11.6 Å². The van der Waals surface area contributed by atoms with E-state index in [1.807, 2.05) is 0 Å². The number of rotatable bonds is 2. The Morgan fingerprint density at radius 1 is 1.38 bits per heavy atom. The SMILES string of the molecule is NS(=O)(=O)Oc1cccc(F)c1.[NaH]. The molecule has 2 N–H and O–H groups in total. The van der Waals surface area contributed by atoms with Crippen LogP contribution in [0.5, 0.6) is 5.75 Å². The standard InChI is InChI=1S/C6H6FNO3S.Na.H/c7-5-2-1-3-6(4-5)11-12(8,9)10;;/h1-4H,(H2,8,9,10);;. The molecule has 0 spiro atoms. The van der Waals surface area contributed by atoms with Crippen molar-refractivity contribution in [3.63, 3.8) is 0 Å². The van der Waals surface area contributed by atoms with Gasteiger partial charge in [0.2, 0.25) is 0 Å². The summed E-state index contributed by atoms with van der Waals surface area (Å²) < 4.78 is 37.3. The maximum absolute atomic E-state index is 12.4. The Morgan fingerprint density at radius 2 is 2.00 bits per heavy atom. The molecule has 0 saturated carbocycles. The molecule has 1 rings (SSSR count). The second-order valence-corrected chi connectivity index (χ2v) is 3.19. The normalized spacial score (nSPS) is 10.3. The van der Waals surface area contributed by atoms with Gasteiger partial charge in [0.15, 0.2) is 0 Å². The third-order valence-electron chi connectivity index (χ3n) is 1.01. The summed E-state index contributed by atoms with van der Waals surface area (Å²) in [5, 5.41) is 4.55. The third kappa shape index (κ3) is 5.22. The van der Waals surface area contributed by atoms with Crippen molar-refractivity contribution in [2.24, 2.45) is 5.14 Å². The van der Waals surface area contributed by atoms with Crippen molar-refractivity contribution >= 4 is 39.9 Å². The number of nitrogens with two attached hydrogens (primary N) is 1. The van der Waals surface area contributed by atoms with Crippen LogP contribution in [0.3, 0.4) is 0 Å². The summed E-state index contributed by atoms with van der Waals surface area (Å²) in [6.45, 7) is 0. The molecule has 13 heavy (non-hydrogen) atoms. The van der Waals surface area contributed by atoms with E-state index in [1.165, 1.54) is 12.1 Å². The van der Waals surface area contributed by atoms with E-state index in [2.05, 4.69) is 9.32 Å². The number of halogens is 1. The number of hydrogen-bond acceptors (Lipinski definition) is 3. The van der Waals surface area contributed by atoms with Gasteiger partial charge in [0.25, 0.3) is 0 Å². The predicted molar refractivity (Wildman–Crippen MR) is 47.3 cm³/mol. The van der Waals surface area contributed by atoms with Crippen LogP contribution in [0.15, 0.2) is 24.3 Å². The molecule has 1 aromatic rings. The van der Waals surface area contributed by atoms with Gasteiger partial charge < -0.3 is 4.18 Å². The predicted octanol–water partition coefficient (Wildman–Crippen LogP) is -0.241. The minimum absolute atomic E-state index is 0. The van der Waals surface area contributed by atoms with Crippen molar-refractivity contribution in [3.8, 4) is 5.75 Å². The minimum atomic E-state index is -4.06. The van der Waals surface area contributed by atoms with Gasteiger partial charge in [-0.1, -0.05) is 6.07 Å². The molecule has 0 heterocycles. The van der Waals surface area contributed by atoms with Gasteiger partial charge in [-0.15, -0.1) is 0 Å². The van der Waals surface area contributed by atoms with E-state index in [0.717, 1.165) is 12.1 Å². The molecule has 0 amide bonds. The Balaban J connectivity index is 0.00000144. The van der Waals surface area contributed by atoms with Crippen molar-refractivity contribution in [2.75, 3.05) is 0 Å². The van der Waals surface area contributed by atoms with Crippen LogP contribution in [0.1, 0.15) is 0 Å². The molecular formula is C6H7FNNaO3S. The van der Waals surface area contributed by atoms with Gasteiger partial charge in [0, 0.05) is 6.07 Å². The van der Waals surface area contributed by atoms with Crippen LogP contribution in [0.4, 0.5) is 4.39 Å². The molecule has 0 aromatic heterocycles. The van der Waals surface area contributed by atoms with Crippen molar-refractivity contribution in [3.05, 3.63) is 30.1 Å². The zero-order valence-corrected chi connectivity index (χ0v) is 6.71. The molecule has 0 saturated heterocycles. The van der Waals surface area contributed by atoms with Crippen LogP contribution in [-0.4, -0.2) is 38.0 Å². The fourth-order valence-electron chi connectivity index (χ4n) is 0.653. The van der Waals surface area contributed by atoms with Crippen molar-refractivity contribution in [2.45, 2.75) is 0 Å². The van der Waals surface area contributed by atoms with Gasteiger partial charge in [-0.25, -0.2) is 4.39 Å². The van der Waals surface area contributed by atoms with E-state index in [0.29, 0.717) is 0 Å². The van der Waals surface area contributed by atoms with Crippen LogP contribution in [0.25, 0.3) is 0 Å². The van der Waals surface area contributed by atoms with E-state index in [9.17, 15) is 12.8 Å². The van der Waals surface area contributed by atoms with E-state index in [1.54, 1.807) is 0 Å². The average molecular weight is 215 g/mol. The van der Waals surface area contributed by atoms with E-state index in [-0.39, 0.29) is 35.3 Å². The molecule has 0 atom stereocenters. The zero-order valence-electron chi connectivity index (χ0n) is 5.90. The van der Waals surface area contributed by atoms with E-state index < -0.39 is 16.1 Å². The summed E-state index contributed by atoms with van der Waals surface area (Å²) in [6.07, 6.45) is 0. The summed E-state index contributed by atoms with van der Waals surface area (Å²) >= 11 is 0. The van der Waals surface area contributed by atoms with E-state index >= 15 is 0 Å². The molecule has 7 heteroatoms. The first-order valence-electron chi connectivity index (χ1n) is 2.95. The Labute approximate surface area is 97.4 Å². The molecule has 4 nitrogen and oxygen atoms in total. The number of hydrogen-bond donors (Lipinski definition) is 1. The van der Waals surface area contributed by atoms with Crippen molar-refractivity contribution in [1.82, 2.24) is 0 Å². The summed E-state index contributed by atoms with van der Waals surface area (Å²) in [5.41, 5.74) is 0. The Morgan fingerprint density at radius 3 is 2.46 bits per heavy atom. The Kier molecular flexibility index (Phi) is 4.87. The molecule has 0 aliphatic rings. The molecule has 68 valence electrons. The monoisotopic (exact) mass is 215 g/mol. The second-order valence-electron chi connectivity index (χ2n) is 2.03. The quantitative estimate of drug-likeness (QED) is 0.692. The van der Waals surface area contributed by atoms with Crippen LogP contribution in [0.2, 0.25) is 0 Å². The van der Waals surface area contributed by atoms with Gasteiger partial charge in [0.05, 0.1) is 0 Å². The fraction of sp³-hybridized carbons (Fsp3) is 0. The van der Waals surface area contributed by atoms with Crippen LogP contribution < -0.4 is 9.32 Å². The summed E-state index contributed by atoms with van der Waals surface area (Å²) in [6, 6.07) is 4.68. The van der Waals surface area contributed by atoms with Gasteiger partial charge in [-0.3, -0.25) is 0 Å². The topological polar surface area (TPSA) is 69.4 Å². The van der Waals surface area contributed by atoms with Crippen LogP contribution in [0, 0.1) is 5.82 Å². The molecule has 0 unspecified atom stereocenters. The number of benzene rings is 1. The maximum atomic E-state index is 12.4. The first-order chi connectivity index (χ1) is 5.47. The van der Waals surface area contributed by atoms with Crippen LogP contribution >= 0.6 is 0 Å². The molecule has 1 aromatic carbocycles. The first kappa shape index (κ1) is 12.9. The molecule has 0 fully saturated rings. The molecule has 0 aliphatic carbocycles. The summed E-state index contributed by atoms with van der Waals surface area (Å²) in [5.74, 6) is -0.728. The Bertz CT molecular complexity index is 381. The van der Waals surface area contributed by atoms with Gasteiger partial charge in [-0.05, 0) is 12.1 Å². The van der Waals surface area contributed by atoms with Crippen LogP contribution in [-0.2, 0) is 10.3 Å². The molecule has 0 bridgehead atoms. The summed E-state index contributed by atoms with van der Waals surface area (Å²) in [4.78, 5) is 0. The van der Waals surface area contributed by atoms with Crippen molar-refractivity contribution in [1.29, 1.82) is 0 Å². The van der Waals surface area contributed by atoms with Gasteiger partial charge >= 0.3 is 39.9 Å². The first-order valence-corrected chi connectivity index (χ1v) is 4.42.